The standard InChI is InChI=1S/C13H20/c1-5-6-12-8-7-11(4)9-13(12)10(2)3/h7-10H,5-6H2,1-4H3. The van der Waals surface area contributed by atoms with Gasteiger partial charge in [-0.25, -0.2) is 0 Å². The smallest absolute Gasteiger partial charge is 0.0216 e. The zero-order valence-electron chi connectivity index (χ0n) is 9.22. The normalized spacial score (nSPS) is 10.8. The van der Waals surface area contributed by atoms with Crippen LogP contribution >= 0.6 is 0 Å². The van der Waals surface area contributed by atoms with E-state index in [-0.39, 0.29) is 0 Å². The SMILES string of the molecule is CCCc1ccc(C)cc1C(C)C. The fraction of sp³-hybridized carbons (Fsp3) is 0.538. The molecule has 1 rings (SSSR count). The highest BCUT2D eigenvalue weighted by Gasteiger charge is 2.05. The average Bonchev–Trinajstić information content (AvgIpc) is 2.08. The van der Waals surface area contributed by atoms with Gasteiger partial charge in [-0.15, -0.1) is 0 Å². The second-order valence-corrected chi connectivity index (χ2v) is 4.11. The van der Waals surface area contributed by atoms with Gasteiger partial charge in [0.2, 0.25) is 0 Å². The molecule has 0 bridgehead atoms. The summed E-state index contributed by atoms with van der Waals surface area (Å²) in [7, 11) is 0. The van der Waals surface area contributed by atoms with Crippen molar-refractivity contribution in [3.63, 3.8) is 0 Å². The van der Waals surface area contributed by atoms with Crippen molar-refractivity contribution in [1.29, 1.82) is 0 Å². The van der Waals surface area contributed by atoms with Crippen LogP contribution in [-0.4, -0.2) is 0 Å². The van der Waals surface area contributed by atoms with Gasteiger partial charge in [0.1, 0.15) is 0 Å². The Hall–Kier alpha value is -0.780. The van der Waals surface area contributed by atoms with Crippen molar-refractivity contribution in [3.05, 3.63) is 34.9 Å². The van der Waals surface area contributed by atoms with Gasteiger partial charge in [0.15, 0.2) is 0 Å². The highest BCUT2D eigenvalue weighted by atomic mass is 14.1. The van der Waals surface area contributed by atoms with Crippen LogP contribution in [0.1, 0.15) is 49.8 Å². The molecule has 0 amide bonds. The molecule has 0 aromatic heterocycles. The Balaban J connectivity index is 3.03. The molecule has 0 heterocycles. The third-order valence-corrected chi connectivity index (χ3v) is 2.44. The van der Waals surface area contributed by atoms with Crippen LogP contribution in [0.5, 0.6) is 0 Å². The van der Waals surface area contributed by atoms with Crippen molar-refractivity contribution >= 4 is 0 Å². The van der Waals surface area contributed by atoms with E-state index in [4.69, 9.17) is 0 Å². The summed E-state index contributed by atoms with van der Waals surface area (Å²) in [6.07, 6.45) is 2.45. The molecule has 0 spiro atoms. The zero-order valence-corrected chi connectivity index (χ0v) is 9.22. The molecule has 0 atom stereocenters. The summed E-state index contributed by atoms with van der Waals surface area (Å²) in [5.74, 6) is 0.654. The lowest BCUT2D eigenvalue weighted by Crippen LogP contribution is -1.96. The Labute approximate surface area is 82.0 Å². The predicted octanol–water partition coefficient (Wildman–Crippen LogP) is 4.07. The molecule has 1 aromatic carbocycles. The highest BCUT2D eigenvalue weighted by Crippen LogP contribution is 2.21. The van der Waals surface area contributed by atoms with Crippen LogP contribution in [0.15, 0.2) is 18.2 Å². The Bertz CT molecular complexity index is 271. The van der Waals surface area contributed by atoms with Gasteiger partial charge in [0.25, 0.3) is 0 Å². The summed E-state index contributed by atoms with van der Waals surface area (Å²) in [5, 5.41) is 0. The second-order valence-electron chi connectivity index (χ2n) is 4.11. The molecular formula is C13H20. The van der Waals surface area contributed by atoms with E-state index in [1.165, 1.54) is 29.5 Å². The van der Waals surface area contributed by atoms with Gasteiger partial charge in [-0.3, -0.25) is 0 Å². The van der Waals surface area contributed by atoms with E-state index >= 15 is 0 Å². The fourth-order valence-corrected chi connectivity index (χ4v) is 1.75. The van der Waals surface area contributed by atoms with Crippen molar-refractivity contribution in [3.8, 4) is 0 Å². The van der Waals surface area contributed by atoms with E-state index in [0.29, 0.717) is 5.92 Å². The van der Waals surface area contributed by atoms with Crippen LogP contribution in [0.4, 0.5) is 0 Å². The number of benzene rings is 1. The Morgan fingerprint density at radius 1 is 1.23 bits per heavy atom. The molecular weight excluding hydrogens is 156 g/mol. The lowest BCUT2D eigenvalue weighted by atomic mass is 9.93. The molecule has 13 heavy (non-hydrogen) atoms. The largest absolute Gasteiger partial charge is 0.0651 e. The Morgan fingerprint density at radius 3 is 2.46 bits per heavy atom. The first-order valence-corrected chi connectivity index (χ1v) is 5.24. The minimum absolute atomic E-state index is 0.654. The van der Waals surface area contributed by atoms with Crippen molar-refractivity contribution in [2.45, 2.75) is 46.5 Å². The minimum Gasteiger partial charge on any atom is -0.0651 e. The second kappa shape index (κ2) is 4.45. The molecule has 0 aliphatic carbocycles. The molecule has 0 fully saturated rings. The van der Waals surface area contributed by atoms with Crippen LogP contribution in [0.3, 0.4) is 0 Å². The minimum atomic E-state index is 0.654. The van der Waals surface area contributed by atoms with Crippen LogP contribution in [0.25, 0.3) is 0 Å². The molecule has 0 radical (unpaired) electrons. The Morgan fingerprint density at radius 2 is 1.92 bits per heavy atom. The molecule has 0 aliphatic rings. The van der Waals surface area contributed by atoms with Gasteiger partial charge >= 0.3 is 0 Å². The van der Waals surface area contributed by atoms with Crippen molar-refractivity contribution in [2.75, 3.05) is 0 Å². The monoisotopic (exact) mass is 176 g/mol. The lowest BCUT2D eigenvalue weighted by Gasteiger charge is -2.12. The van der Waals surface area contributed by atoms with Gasteiger partial charge in [0.05, 0.1) is 0 Å². The summed E-state index contributed by atoms with van der Waals surface area (Å²) in [6, 6.07) is 6.83. The molecule has 0 heteroatoms. The van der Waals surface area contributed by atoms with E-state index in [9.17, 15) is 0 Å². The van der Waals surface area contributed by atoms with E-state index in [0.717, 1.165) is 0 Å². The lowest BCUT2D eigenvalue weighted by molar-refractivity contribution is 0.819. The van der Waals surface area contributed by atoms with Crippen molar-refractivity contribution in [2.24, 2.45) is 0 Å². The average molecular weight is 176 g/mol. The molecule has 1 aromatic rings. The maximum Gasteiger partial charge on any atom is -0.0216 e. The first kappa shape index (κ1) is 10.3. The quantitative estimate of drug-likeness (QED) is 0.651. The summed E-state index contributed by atoms with van der Waals surface area (Å²) in [5.41, 5.74) is 4.44. The zero-order chi connectivity index (χ0) is 9.84. The molecule has 0 unspecified atom stereocenters. The molecule has 0 nitrogen and oxygen atoms in total. The summed E-state index contributed by atoms with van der Waals surface area (Å²) >= 11 is 0. The molecule has 0 N–H and O–H groups in total. The van der Waals surface area contributed by atoms with E-state index in [1.807, 2.05) is 0 Å². The third kappa shape index (κ3) is 2.58. The van der Waals surface area contributed by atoms with Crippen LogP contribution in [-0.2, 0) is 6.42 Å². The van der Waals surface area contributed by atoms with E-state index in [2.05, 4.69) is 45.9 Å². The van der Waals surface area contributed by atoms with Crippen molar-refractivity contribution in [1.82, 2.24) is 0 Å². The van der Waals surface area contributed by atoms with Gasteiger partial charge in [-0.2, -0.15) is 0 Å². The van der Waals surface area contributed by atoms with Crippen LogP contribution in [0, 0.1) is 6.92 Å². The molecule has 72 valence electrons. The first-order valence-electron chi connectivity index (χ1n) is 5.24. The van der Waals surface area contributed by atoms with E-state index < -0.39 is 0 Å². The third-order valence-electron chi connectivity index (χ3n) is 2.44. The summed E-state index contributed by atoms with van der Waals surface area (Å²) < 4.78 is 0. The number of aryl methyl sites for hydroxylation is 2. The van der Waals surface area contributed by atoms with E-state index in [1.54, 1.807) is 0 Å². The first-order chi connectivity index (χ1) is 6.15. The number of hydrogen-bond acceptors (Lipinski definition) is 0. The van der Waals surface area contributed by atoms with Gasteiger partial charge in [-0.05, 0) is 30.4 Å². The van der Waals surface area contributed by atoms with Gasteiger partial charge < -0.3 is 0 Å². The highest BCUT2D eigenvalue weighted by molar-refractivity contribution is 5.33. The van der Waals surface area contributed by atoms with Crippen molar-refractivity contribution < 1.29 is 0 Å². The fourth-order valence-electron chi connectivity index (χ4n) is 1.75. The maximum atomic E-state index is 2.33. The molecule has 0 saturated heterocycles. The maximum absolute atomic E-state index is 2.33. The number of rotatable bonds is 3. The van der Waals surface area contributed by atoms with Crippen LogP contribution in [0.2, 0.25) is 0 Å². The summed E-state index contributed by atoms with van der Waals surface area (Å²) in [6.45, 7) is 8.95. The molecule has 0 aliphatic heterocycles. The topological polar surface area (TPSA) is 0 Å². The molecule has 0 saturated carbocycles. The number of hydrogen-bond donors (Lipinski definition) is 0. The van der Waals surface area contributed by atoms with Crippen LogP contribution < -0.4 is 0 Å². The van der Waals surface area contributed by atoms with Gasteiger partial charge in [0, 0.05) is 0 Å². The predicted molar refractivity (Wildman–Crippen MR) is 59.3 cm³/mol. The Kier molecular flexibility index (Phi) is 3.53. The summed E-state index contributed by atoms with van der Waals surface area (Å²) in [4.78, 5) is 0. The van der Waals surface area contributed by atoms with Gasteiger partial charge in [-0.1, -0.05) is 51.0 Å².